The summed E-state index contributed by atoms with van der Waals surface area (Å²) in [6.45, 7) is 4.17. The van der Waals surface area contributed by atoms with Crippen molar-refractivity contribution in [1.29, 1.82) is 0 Å². The number of pyridine rings is 1. The number of aromatic nitrogens is 1. The molecule has 166 valence electrons. The maximum atomic E-state index is 12.1. The van der Waals surface area contributed by atoms with Crippen LogP contribution in [0.4, 0.5) is 5.69 Å². The number of carbonyl (C=O) groups excluding carboxylic acids is 1. The molecule has 1 aliphatic heterocycles. The minimum Gasteiger partial charge on any atom is -0.371 e. The van der Waals surface area contributed by atoms with E-state index in [1.54, 1.807) is 19.0 Å². The van der Waals surface area contributed by atoms with E-state index in [9.17, 15) is 4.79 Å². The largest absolute Gasteiger partial charge is 0.371 e. The first-order valence-electron chi connectivity index (χ1n) is 11.3. The summed E-state index contributed by atoms with van der Waals surface area (Å²) in [6, 6.07) is 21.4. The summed E-state index contributed by atoms with van der Waals surface area (Å²) < 4.78 is 0. The number of aryl methyl sites for hydroxylation is 1. The molecule has 1 saturated heterocycles. The van der Waals surface area contributed by atoms with Crippen LogP contribution in [0.15, 0.2) is 73.1 Å². The third kappa shape index (κ3) is 5.00. The van der Waals surface area contributed by atoms with E-state index in [1.165, 1.54) is 22.4 Å². The molecule has 2 aromatic carbocycles. The Bertz CT molecular complexity index is 1030. The van der Waals surface area contributed by atoms with Gasteiger partial charge in [0.25, 0.3) is 5.91 Å². The first-order chi connectivity index (χ1) is 15.5. The number of hydrogen-bond donors (Lipinski definition) is 1. The molecule has 5 nitrogen and oxygen atoms in total. The molecule has 0 saturated carbocycles. The summed E-state index contributed by atoms with van der Waals surface area (Å²) in [5, 5.41) is 3.93. The second-order valence-electron chi connectivity index (χ2n) is 8.74. The number of rotatable bonds is 6. The molecule has 1 amide bonds. The van der Waals surface area contributed by atoms with Gasteiger partial charge in [-0.05, 0) is 72.9 Å². The van der Waals surface area contributed by atoms with Gasteiger partial charge in [-0.2, -0.15) is 0 Å². The van der Waals surface area contributed by atoms with E-state index >= 15 is 0 Å². The average molecular weight is 429 g/mol. The maximum absolute atomic E-state index is 12.1. The fourth-order valence-electron chi connectivity index (χ4n) is 4.45. The van der Waals surface area contributed by atoms with Gasteiger partial charge in [-0.1, -0.05) is 24.3 Å². The summed E-state index contributed by atoms with van der Waals surface area (Å²) in [4.78, 5) is 20.4. The first kappa shape index (κ1) is 22.0. The number of nitrogens with one attached hydrogen (secondary N) is 1. The van der Waals surface area contributed by atoms with E-state index in [0.717, 1.165) is 31.5 Å². The monoisotopic (exact) mass is 428 g/mol. The minimum atomic E-state index is 0.0396. The summed E-state index contributed by atoms with van der Waals surface area (Å²) >= 11 is 0. The highest BCUT2D eigenvalue weighted by Crippen LogP contribution is 2.28. The molecular weight excluding hydrogens is 396 g/mol. The van der Waals surface area contributed by atoms with Crippen molar-refractivity contribution >= 4 is 11.6 Å². The zero-order valence-electron chi connectivity index (χ0n) is 19.2. The lowest BCUT2D eigenvalue weighted by Gasteiger charge is -2.36. The van der Waals surface area contributed by atoms with Gasteiger partial charge < -0.3 is 15.1 Å². The van der Waals surface area contributed by atoms with Crippen molar-refractivity contribution in [3.63, 3.8) is 0 Å². The maximum Gasteiger partial charge on any atom is 0.253 e. The predicted octanol–water partition coefficient (Wildman–Crippen LogP) is 4.44. The molecule has 5 heteroatoms. The number of piperidine rings is 1. The quantitative estimate of drug-likeness (QED) is 0.631. The number of hydrogen-bond acceptors (Lipinski definition) is 4. The fraction of sp³-hybridized carbons (Fsp3) is 0.333. The van der Waals surface area contributed by atoms with E-state index in [1.807, 2.05) is 24.5 Å². The van der Waals surface area contributed by atoms with Gasteiger partial charge in [0.15, 0.2) is 0 Å². The highest BCUT2D eigenvalue weighted by molar-refractivity contribution is 5.94. The van der Waals surface area contributed by atoms with Crippen LogP contribution in [-0.4, -0.2) is 49.0 Å². The molecule has 1 atom stereocenters. The third-order valence-electron chi connectivity index (χ3n) is 6.32. The van der Waals surface area contributed by atoms with Gasteiger partial charge in [-0.3, -0.25) is 9.78 Å². The molecule has 4 rings (SSSR count). The first-order valence-corrected chi connectivity index (χ1v) is 11.3. The van der Waals surface area contributed by atoms with Gasteiger partial charge in [-0.15, -0.1) is 0 Å². The van der Waals surface area contributed by atoms with E-state index in [2.05, 4.69) is 70.7 Å². The smallest absolute Gasteiger partial charge is 0.253 e. The summed E-state index contributed by atoms with van der Waals surface area (Å²) in [6.07, 6.45) is 5.89. The molecule has 1 N–H and O–H groups in total. The normalized spacial score (nSPS) is 15.4. The molecule has 0 aliphatic carbocycles. The number of nitrogens with zero attached hydrogens (tertiary/aromatic N) is 3. The van der Waals surface area contributed by atoms with Gasteiger partial charge in [-0.25, -0.2) is 0 Å². The lowest BCUT2D eigenvalue weighted by atomic mass is 9.93. The third-order valence-corrected chi connectivity index (χ3v) is 6.32. The van der Waals surface area contributed by atoms with Gasteiger partial charge in [0.1, 0.15) is 0 Å². The Morgan fingerprint density at radius 2 is 1.66 bits per heavy atom. The zero-order valence-corrected chi connectivity index (χ0v) is 19.2. The van der Waals surface area contributed by atoms with Crippen LogP contribution in [0, 0.1) is 6.92 Å². The standard InChI is InChI=1S/C27H32N4O/c1-20-6-4-5-7-25(20)26(21-12-16-28-17-13-21)29-23-14-18-31(19-15-23)24-10-8-22(9-11-24)27(32)30(2)3/h4-13,16-17,23,26,29H,14-15,18-19H2,1-3H3. The molecule has 0 spiro atoms. The van der Waals surface area contributed by atoms with Gasteiger partial charge >= 0.3 is 0 Å². The van der Waals surface area contributed by atoms with Crippen LogP contribution in [0.25, 0.3) is 0 Å². The van der Waals surface area contributed by atoms with Gasteiger partial charge in [0.05, 0.1) is 6.04 Å². The second-order valence-corrected chi connectivity index (χ2v) is 8.74. The van der Waals surface area contributed by atoms with Crippen molar-refractivity contribution in [3.8, 4) is 0 Å². The van der Waals surface area contributed by atoms with Crippen LogP contribution in [0.2, 0.25) is 0 Å². The van der Waals surface area contributed by atoms with Crippen LogP contribution in [0.3, 0.4) is 0 Å². The topological polar surface area (TPSA) is 48.5 Å². The SMILES string of the molecule is Cc1ccccc1C(NC1CCN(c2ccc(C(=O)N(C)C)cc2)CC1)c1ccncc1. The number of amides is 1. The van der Waals surface area contributed by atoms with Crippen molar-refractivity contribution in [2.45, 2.75) is 31.8 Å². The average Bonchev–Trinajstić information content (AvgIpc) is 2.84. The molecule has 1 aromatic heterocycles. The molecule has 1 aliphatic rings. The van der Waals surface area contributed by atoms with Gasteiger partial charge in [0, 0.05) is 56.9 Å². The Labute approximate surface area is 191 Å². The molecule has 1 fully saturated rings. The highest BCUT2D eigenvalue weighted by atomic mass is 16.2. The predicted molar refractivity (Wildman–Crippen MR) is 130 cm³/mol. The molecule has 32 heavy (non-hydrogen) atoms. The summed E-state index contributed by atoms with van der Waals surface area (Å²) in [5.41, 5.74) is 5.78. The molecule has 1 unspecified atom stereocenters. The Hall–Kier alpha value is -3.18. The zero-order chi connectivity index (χ0) is 22.5. The highest BCUT2D eigenvalue weighted by Gasteiger charge is 2.24. The molecule has 2 heterocycles. The van der Waals surface area contributed by atoms with Crippen molar-refractivity contribution in [2.24, 2.45) is 0 Å². The number of carbonyl (C=O) groups is 1. The van der Waals surface area contributed by atoms with Crippen LogP contribution >= 0.6 is 0 Å². The van der Waals surface area contributed by atoms with Crippen molar-refractivity contribution in [1.82, 2.24) is 15.2 Å². The Balaban J connectivity index is 1.43. The van der Waals surface area contributed by atoms with Crippen LogP contribution < -0.4 is 10.2 Å². The summed E-state index contributed by atoms with van der Waals surface area (Å²) in [5.74, 6) is 0.0396. The molecule has 0 bridgehead atoms. The van der Waals surface area contributed by atoms with Crippen molar-refractivity contribution in [2.75, 3.05) is 32.1 Å². The van der Waals surface area contributed by atoms with Crippen molar-refractivity contribution in [3.05, 3.63) is 95.3 Å². The Morgan fingerprint density at radius 1 is 1.00 bits per heavy atom. The lowest BCUT2D eigenvalue weighted by molar-refractivity contribution is 0.0827. The molecular formula is C27H32N4O. The van der Waals surface area contributed by atoms with Crippen LogP contribution in [-0.2, 0) is 0 Å². The van der Waals surface area contributed by atoms with E-state index in [-0.39, 0.29) is 11.9 Å². The minimum absolute atomic E-state index is 0.0396. The Morgan fingerprint density at radius 3 is 2.28 bits per heavy atom. The van der Waals surface area contributed by atoms with E-state index in [0.29, 0.717) is 6.04 Å². The summed E-state index contributed by atoms with van der Waals surface area (Å²) in [7, 11) is 3.56. The second kappa shape index (κ2) is 9.96. The lowest BCUT2D eigenvalue weighted by Crippen LogP contribution is -2.44. The fourth-order valence-corrected chi connectivity index (χ4v) is 4.45. The number of benzene rings is 2. The van der Waals surface area contributed by atoms with E-state index < -0.39 is 0 Å². The van der Waals surface area contributed by atoms with Gasteiger partial charge in [0.2, 0.25) is 0 Å². The van der Waals surface area contributed by atoms with Crippen LogP contribution in [0.1, 0.15) is 45.9 Å². The molecule has 3 aromatic rings. The van der Waals surface area contributed by atoms with Crippen LogP contribution in [0.5, 0.6) is 0 Å². The van der Waals surface area contributed by atoms with E-state index in [4.69, 9.17) is 0 Å². The molecule has 0 radical (unpaired) electrons. The van der Waals surface area contributed by atoms with Crippen molar-refractivity contribution < 1.29 is 4.79 Å². The Kier molecular flexibility index (Phi) is 6.86. The number of anilines is 1.